The maximum absolute atomic E-state index is 13.2. The van der Waals surface area contributed by atoms with Gasteiger partial charge in [0.1, 0.15) is 11.6 Å². The average molecular weight is 367 g/mol. The molecule has 4 nitrogen and oxygen atoms in total. The lowest BCUT2D eigenvalue weighted by molar-refractivity contribution is 0.0984. The lowest BCUT2D eigenvalue weighted by Crippen LogP contribution is -2.31. The smallest absolute Gasteiger partial charge is 0.259 e. The molecular weight excluding hydrogens is 348 g/mol. The third-order valence-corrected chi connectivity index (χ3v) is 4.03. The molecule has 3 rings (SSSR count). The van der Waals surface area contributed by atoms with Crippen molar-refractivity contribution in [3.05, 3.63) is 89.1 Å². The Hall–Kier alpha value is -2.85. The van der Waals surface area contributed by atoms with Crippen LogP contribution in [0.2, 0.25) is 5.02 Å². The number of rotatable bonds is 6. The van der Waals surface area contributed by atoms with Crippen LogP contribution in [-0.2, 0) is 6.54 Å². The second-order valence-corrected chi connectivity index (χ2v) is 6.11. The van der Waals surface area contributed by atoms with Crippen molar-refractivity contribution in [2.45, 2.75) is 13.5 Å². The second-order valence-electron chi connectivity index (χ2n) is 5.67. The number of hydrogen-bond donors (Lipinski definition) is 0. The fraction of sp³-hybridized carbons (Fsp3) is 0.143. The minimum Gasteiger partial charge on any atom is -0.494 e. The van der Waals surface area contributed by atoms with Gasteiger partial charge in [0.25, 0.3) is 5.91 Å². The number of nitrogens with zero attached hydrogens (tertiary/aromatic N) is 2. The topological polar surface area (TPSA) is 42.4 Å². The molecule has 0 spiro atoms. The van der Waals surface area contributed by atoms with Crippen molar-refractivity contribution in [1.29, 1.82) is 0 Å². The quantitative estimate of drug-likeness (QED) is 0.617. The Morgan fingerprint density at radius 2 is 1.92 bits per heavy atom. The summed E-state index contributed by atoms with van der Waals surface area (Å²) in [5.74, 6) is 1.10. The normalized spacial score (nSPS) is 10.4. The van der Waals surface area contributed by atoms with Gasteiger partial charge in [-0.25, -0.2) is 4.98 Å². The first kappa shape index (κ1) is 18.0. The predicted molar refractivity (Wildman–Crippen MR) is 104 cm³/mol. The first-order chi connectivity index (χ1) is 12.7. The van der Waals surface area contributed by atoms with Crippen LogP contribution in [0.5, 0.6) is 5.75 Å². The molecule has 26 heavy (non-hydrogen) atoms. The SMILES string of the molecule is CCOc1cccc(C(=O)N(Cc2cccc(Cl)c2)c2ccccn2)c1. The lowest BCUT2D eigenvalue weighted by atomic mass is 10.1. The molecule has 2 aromatic carbocycles. The van der Waals surface area contributed by atoms with Crippen LogP contribution >= 0.6 is 11.6 Å². The van der Waals surface area contributed by atoms with Crippen molar-refractivity contribution >= 4 is 23.3 Å². The molecule has 0 fully saturated rings. The lowest BCUT2D eigenvalue weighted by Gasteiger charge is -2.22. The zero-order valence-corrected chi connectivity index (χ0v) is 15.2. The largest absolute Gasteiger partial charge is 0.494 e. The highest BCUT2D eigenvalue weighted by Crippen LogP contribution is 2.21. The fourth-order valence-electron chi connectivity index (χ4n) is 2.63. The number of benzene rings is 2. The molecule has 0 unspecified atom stereocenters. The highest BCUT2D eigenvalue weighted by molar-refractivity contribution is 6.30. The van der Waals surface area contributed by atoms with Gasteiger partial charge in [0.15, 0.2) is 0 Å². The van der Waals surface area contributed by atoms with Gasteiger partial charge in [-0.2, -0.15) is 0 Å². The second kappa shape index (κ2) is 8.50. The Bertz CT molecular complexity index is 884. The molecule has 0 aliphatic heterocycles. The summed E-state index contributed by atoms with van der Waals surface area (Å²) in [6, 6.07) is 20.1. The third-order valence-electron chi connectivity index (χ3n) is 3.79. The Labute approximate surface area is 158 Å². The molecule has 0 aliphatic rings. The summed E-state index contributed by atoms with van der Waals surface area (Å²) >= 11 is 6.09. The van der Waals surface area contributed by atoms with Gasteiger partial charge in [-0.1, -0.05) is 35.9 Å². The summed E-state index contributed by atoms with van der Waals surface area (Å²) in [4.78, 5) is 19.2. The monoisotopic (exact) mass is 366 g/mol. The Balaban J connectivity index is 1.95. The molecule has 1 aromatic heterocycles. The van der Waals surface area contributed by atoms with E-state index in [2.05, 4.69) is 4.98 Å². The molecule has 132 valence electrons. The molecule has 0 atom stereocenters. The zero-order valence-electron chi connectivity index (χ0n) is 14.4. The van der Waals surface area contributed by atoms with Gasteiger partial charge < -0.3 is 4.74 Å². The number of pyridine rings is 1. The summed E-state index contributed by atoms with van der Waals surface area (Å²) in [6.45, 7) is 2.83. The number of amides is 1. The van der Waals surface area contributed by atoms with E-state index >= 15 is 0 Å². The predicted octanol–water partition coefficient (Wildman–Crippen LogP) is 4.98. The van der Waals surface area contributed by atoms with Crippen LogP contribution in [0.15, 0.2) is 72.9 Å². The number of carbonyl (C=O) groups is 1. The van der Waals surface area contributed by atoms with Crippen molar-refractivity contribution in [3.8, 4) is 5.75 Å². The van der Waals surface area contributed by atoms with Gasteiger partial charge in [0.05, 0.1) is 13.2 Å². The fourth-order valence-corrected chi connectivity index (χ4v) is 2.84. The van der Waals surface area contributed by atoms with Gasteiger partial charge in [-0.15, -0.1) is 0 Å². The van der Waals surface area contributed by atoms with Gasteiger partial charge in [-0.05, 0) is 55.0 Å². The minimum absolute atomic E-state index is 0.148. The van der Waals surface area contributed by atoms with E-state index in [4.69, 9.17) is 16.3 Å². The standard InChI is InChI=1S/C21H19ClN2O2/c1-2-26-19-10-6-8-17(14-19)21(25)24(20-11-3-4-12-23-20)15-16-7-5-9-18(22)13-16/h3-14H,2,15H2,1H3. The number of aromatic nitrogens is 1. The van der Waals surface area contributed by atoms with E-state index in [1.807, 2.05) is 61.5 Å². The Morgan fingerprint density at radius 3 is 2.65 bits per heavy atom. The first-order valence-corrected chi connectivity index (χ1v) is 8.75. The van der Waals surface area contributed by atoms with E-state index in [0.29, 0.717) is 35.3 Å². The van der Waals surface area contributed by atoms with Crippen LogP contribution in [0.3, 0.4) is 0 Å². The van der Waals surface area contributed by atoms with Crippen LogP contribution in [-0.4, -0.2) is 17.5 Å². The Kier molecular flexibility index (Phi) is 5.87. The molecule has 0 aliphatic carbocycles. The highest BCUT2D eigenvalue weighted by atomic mass is 35.5. The van der Waals surface area contributed by atoms with Gasteiger partial charge in [0, 0.05) is 16.8 Å². The number of anilines is 1. The van der Waals surface area contributed by atoms with E-state index in [0.717, 1.165) is 5.56 Å². The summed E-state index contributed by atoms with van der Waals surface area (Å²) in [5.41, 5.74) is 1.47. The molecule has 0 N–H and O–H groups in total. The van der Waals surface area contributed by atoms with Gasteiger partial charge in [0.2, 0.25) is 0 Å². The van der Waals surface area contributed by atoms with Crippen LogP contribution < -0.4 is 9.64 Å². The van der Waals surface area contributed by atoms with Gasteiger partial charge >= 0.3 is 0 Å². The molecule has 3 aromatic rings. The molecule has 0 saturated carbocycles. The van der Waals surface area contributed by atoms with Crippen LogP contribution in [0.25, 0.3) is 0 Å². The van der Waals surface area contributed by atoms with Crippen LogP contribution in [0.4, 0.5) is 5.82 Å². The van der Waals surface area contributed by atoms with E-state index < -0.39 is 0 Å². The first-order valence-electron chi connectivity index (χ1n) is 8.37. The maximum Gasteiger partial charge on any atom is 0.259 e. The molecule has 0 radical (unpaired) electrons. The summed E-state index contributed by atoms with van der Waals surface area (Å²) in [5, 5.41) is 0.634. The Morgan fingerprint density at radius 1 is 1.08 bits per heavy atom. The van der Waals surface area contributed by atoms with E-state index in [9.17, 15) is 4.79 Å². The third kappa shape index (κ3) is 4.41. The summed E-state index contributed by atoms with van der Waals surface area (Å²) in [7, 11) is 0. The number of ether oxygens (including phenoxy) is 1. The molecule has 0 saturated heterocycles. The molecule has 5 heteroatoms. The maximum atomic E-state index is 13.2. The minimum atomic E-state index is -0.148. The zero-order chi connectivity index (χ0) is 18.4. The summed E-state index contributed by atoms with van der Waals surface area (Å²) in [6.07, 6.45) is 1.67. The van der Waals surface area contributed by atoms with E-state index in [1.165, 1.54) is 0 Å². The van der Waals surface area contributed by atoms with Crippen molar-refractivity contribution in [1.82, 2.24) is 4.98 Å². The number of halogens is 1. The van der Waals surface area contributed by atoms with Crippen molar-refractivity contribution in [2.75, 3.05) is 11.5 Å². The van der Waals surface area contributed by atoms with Crippen molar-refractivity contribution in [2.24, 2.45) is 0 Å². The van der Waals surface area contributed by atoms with Crippen LogP contribution in [0, 0.1) is 0 Å². The summed E-state index contributed by atoms with van der Waals surface area (Å²) < 4.78 is 5.51. The number of carbonyl (C=O) groups excluding carboxylic acids is 1. The highest BCUT2D eigenvalue weighted by Gasteiger charge is 2.19. The average Bonchev–Trinajstić information content (AvgIpc) is 2.67. The molecule has 0 bridgehead atoms. The molecule has 1 heterocycles. The van der Waals surface area contributed by atoms with Gasteiger partial charge in [-0.3, -0.25) is 9.69 Å². The van der Waals surface area contributed by atoms with E-state index in [1.54, 1.807) is 23.2 Å². The van der Waals surface area contributed by atoms with Crippen molar-refractivity contribution < 1.29 is 9.53 Å². The number of hydrogen-bond acceptors (Lipinski definition) is 3. The molecule has 1 amide bonds. The van der Waals surface area contributed by atoms with E-state index in [-0.39, 0.29) is 5.91 Å². The molecular formula is C21H19ClN2O2. The van der Waals surface area contributed by atoms with Crippen molar-refractivity contribution in [3.63, 3.8) is 0 Å². The van der Waals surface area contributed by atoms with Crippen LogP contribution in [0.1, 0.15) is 22.8 Å².